The second-order valence-electron chi connectivity index (χ2n) is 6.76. The summed E-state index contributed by atoms with van der Waals surface area (Å²) in [6.07, 6.45) is 3.81. The molecule has 0 spiro atoms. The molecule has 2 amide bonds. The van der Waals surface area contributed by atoms with Crippen LogP contribution in [0.25, 0.3) is 0 Å². The number of hydrogen-bond donors (Lipinski definition) is 0. The maximum atomic E-state index is 12.6. The Kier molecular flexibility index (Phi) is 6.41. The van der Waals surface area contributed by atoms with Crippen LogP contribution in [0.4, 0.5) is 5.69 Å². The number of nitrogens with zero attached hydrogens (tertiary/aromatic N) is 4. The van der Waals surface area contributed by atoms with E-state index in [4.69, 9.17) is 0 Å². The van der Waals surface area contributed by atoms with Gasteiger partial charge in [-0.1, -0.05) is 24.3 Å². The standard InChI is InChI=1S/C21H26N4O2/c1-18(26)25(17-19-6-5-10-22-16-19)11-9-21(27)24-14-12-23(13-15-24)20-7-3-2-4-8-20/h2-8,10,16H,9,11-15,17H2,1H3. The first-order valence-electron chi connectivity index (χ1n) is 9.35. The molecule has 1 fully saturated rings. The lowest BCUT2D eigenvalue weighted by molar-refractivity contribution is -0.134. The van der Waals surface area contributed by atoms with Gasteiger partial charge >= 0.3 is 0 Å². The number of carbonyl (C=O) groups excluding carboxylic acids is 2. The molecule has 3 rings (SSSR count). The number of anilines is 1. The molecule has 6 nitrogen and oxygen atoms in total. The summed E-state index contributed by atoms with van der Waals surface area (Å²) >= 11 is 0. The van der Waals surface area contributed by atoms with E-state index < -0.39 is 0 Å². The lowest BCUT2D eigenvalue weighted by Gasteiger charge is -2.36. The van der Waals surface area contributed by atoms with Gasteiger partial charge < -0.3 is 14.7 Å². The predicted octanol–water partition coefficient (Wildman–Crippen LogP) is 2.17. The Morgan fingerprint density at radius 3 is 2.41 bits per heavy atom. The van der Waals surface area contributed by atoms with Gasteiger partial charge in [0.1, 0.15) is 0 Å². The smallest absolute Gasteiger partial charge is 0.224 e. The van der Waals surface area contributed by atoms with Crippen molar-refractivity contribution in [2.75, 3.05) is 37.6 Å². The molecule has 1 aromatic carbocycles. The quantitative estimate of drug-likeness (QED) is 0.786. The van der Waals surface area contributed by atoms with Gasteiger partial charge in [-0.2, -0.15) is 0 Å². The van der Waals surface area contributed by atoms with E-state index in [9.17, 15) is 9.59 Å². The van der Waals surface area contributed by atoms with Gasteiger partial charge in [-0.25, -0.2) is 0 Å². The summed E-state index contributed by atoms with van der Waals surface area (Å²) in [4.78, 5) is 34.5. The van der Waals surface area contributed by atoms with E-state index in [-0.39, 0.29) is 11.8 Å². The molecule has 1 aliphatic heterocycles. The number of pyridine rings is 1. The fraction of sp³-hybridized carbons (Fsp3) is 0.381. The Balaban J connectivity index is 1.48. The van der Waals surface area contributed by atoms with Crippen LogP contribution in [0.2, 0.25) is 0 Å². The van der Waals surface area contributed by atoms with Gasteiger partial charge in [0.2, 0.25) is 11.8 Å². The van der Waals surface area contributed by atoms with Gasteiger partial charge in [0, 0.05) is 70.7 Å². The minimum absolute atomic E-state index is 0.0273. The topological polar surface area (TPSA) is 56.8 Å². The number of benzene rings is 1. The molecule has 0 unspecified atom stereocenters. The normalized spacial score (nSPS) is 14.1. The molecule has 1 saturated heterocycles. The molecule has 27 heavy (non-hydrogen) atoms. The number of aromatic nitrogens is 1. The molecule has 0 bridgehead atoms. The summed E-state index contributed by atoms with van der Waals surface area (Å²) in [5, 5.41) is 0. The van der Waals surface area contributed by atoms with Crippen LogP contribution < -0.4 is 4.90 Å². The van der Waals surface area contributed by atoms with E-state index in [1.54, 1.807) is 24.2 Å². The first kappa shape index (κ1) is 18.9. The second kappa shape index (κ2) is 9.16. The van der Waals surface area contributed by atoms with Crippen molar-refractivity contribution in [2.24, 2.45) is 0 Å². The van der Waals surface area contributed by atoms with Crippen LogP contribution in [0.5, 0.6) is 0 Å². The maximum absolute atomic E-state index is 12.6. The molecule has 6 heteroatoms. The SMILES string of the molecule is CC(=O)N(CCC(=O)N1CCN(c2ccccc2)CC1)Cc1cccnc1. The van der Waals surface area contributed by atoms with Gasteiger partial charge in [-0.15, -0.1) is 0 Å². The zero-order valence-corrected chi connectivity index (χ0v) is 15.8. The summed E-state index contributed by atoms with van der Waals surface area (Å²) in [5.74, 6) is 0.0840. The van der Waals surface area contributed by atoms with Crippen LogP contribution in [-0.4, -0.2) is 59.3 Å². The third-order valence-corrected chi connectivity index (χ3v) is 4.89. The molecule has 0 radical (unpaired) electrons. The molecule has 2 heterocycles. The van der Waals surface area contributed by atoms with Gasteiger partial charge in [0.25, 0.3) is 0 Å². The average molecular weight is 366 g/mol. The Morgan fingerprint density at radius 1 is 1.04 bits per heavy atom. The van der Waals surface area contributed by atoms with Crippen LogP contribution in [0.3, 0.4) is 0 Å². The molecule has 2 aromatic rings. The molecular formula is C21H26N4O2. The Hall–Kier alpha value is -2.89. The predicted molar refractivity (Wildman–Crippen MR) is 105 cm³/mol. The summed E-state index contributed by atoms with van der Waals surface area (Å²) in [6.45, 7) is 5.57. The number of amides is 2. The van der Waals surface area contributed by atoms with Crippen molar-refractivity contribution in [3.05, 3.63) is 60.4 Å². The van der Waals surface area contributed by atoms with Crippen molar-refractivity contribution >= 4 is 17.5 Å². The summed E-state index contributed by atoms with van der Waals surface area (Å²) < 4.78 is 0. The second-order valence-corrected chi connectivity index (χ2v) is 6.76. The molecule has 0 saturated carbocycles. The van der Waals surface area contributed by atoms with E-state index in [2.05, 4.69) is 22.0 Å². The first-order valence-corrected chi connectivity index (χ1v) is 9.35. The van der Waals surface area contributed by atoms with E-state index >= 15 is 0 Å². The highest BCUT2D eigenvalue weighted by Gasteiger charge is 2.22. The van der Waals surface area contributed by atoms with Crippen molar-refractivity contribution < 1.29 is 9.59 Å². The number of piperazine rings is 1. The number of carbonyl (C=O) groups is 2. The van der Waals surface area contributed by atoms with Crippen molar-refractivity contribution in [3.8, 4) is 0 Å². The number of hydrogen-bond acceptors (Lipinski definition) is 4. The highest BCUT2D eigenvalue weighted by molar-refractivity contribution is 5.78. The molecular weight excluding hydrogens is 340 g/mol. The molecule has 1 aromatic heterocycles. The zero-order valence-electron chi connectivity index (χ0n) is 15.8. The monoisotopic (exact) mass is 366 g/mol. The van der Waals surface area contributed by atoms with E-state index in [1.165, 1.54) is 5.69 Å². The van der Waals surface area contributed by atoms with Crippen molar-refractivity contribution in [2.45, 2.75) is 19.9 Å². The molecule has 142 valence electrons. The Bertz CT molecular complexity index is 743. The average Bonchev–Trinajstić information content (AvgIpc) is 2.72. The molecule has 0 aliphatic carbocycles. The van der Waals surface area contributed by atoms with Gasteiger partial charge in [0.05, 0.1) is 0 Å². The highest BCUT2D eigenvalue weighted by atomic mass is 16.2. The van der Waals surface area contributed by atoms with Crippen LogP contribution in [0, 0.1) is 0 Å². The Morgan fingerprint density at radius 2 is 1.78 bits per heavy atom. The largest absolute Gasteiger partial charge is 0.368 e. The Labute approximate surface area is 160 Å². The van der Waals surface area contributed by atoms with Crippen LogP contribution >= 0.6 is 0 Å². The fourth-order valence-electron chi connectivity index (χ4n) is 3.30. The maximum Gasteiger partial charge on any atom is 0.224 e. The van der Waals surface area contributed by atoms with Gasteiger partial charge in [0.15, 0.2) is 0 Å². The van der Waals surface area contributed by atoms with E-state index in [0.29, 0.717) is 19.5 Å². The van der Waals surface area contributed by atoms with Gasteiger partial charge in [-0.05, 0) is 23.8 Å². The summed E-state index contributed by atoms with van der Waals surface area (Å²) in [6, 6.07) is 14.1. The first-order chi connectivity index (χ1) is 13.1. The zero-order chi connectivity index (χ0) is 19.1. The minimum Gasteiger partial charge on any atom is -0.368 e. The molecule has 1 aliphatic rings. The summed E-state index contributed by atoms with van der Waals surface area (Å²) in [5.41, 5.74) is 2.17. The third kappa shape index (κ3) is 5.29. The minimum atomic E-state index is -0.0273. The van der Waals surface area contributed by atoms with E-state index in [0.717, 1.165) is 31.7 Å². The van der Waals surface area contributed by atoms with Crippen LogP contribution in [0.1, 0.15) is 18.9 Å². The van der Waals surface area contributed by atoms with Crippen LogP contribution in [0.15, 0.2) is 54.9 Å². The molecule has 0 atom stereocenters. The van der Waals surface area contributed by atoms with Crippen molar-refractivity contribution in [3.63, 3.8) is 0 Å². The lowest BCUT2D eigenvalue weighted by atomic mass is 10.2. The van der Waals surface area contributed by atoms with Gasteiger partial charge in [-0.3, -0.25) is 14.6 Å². The summed E-state index contributed by atoms with van der Waals surface area (Å²) in [7, 11) is 0. The van der Waals surface area contributed by atoms with E-state index in [1.807, 2.05) is 35.2 Å². The third-order valence-electron chi connectivity index (χ3n) is 4.89. The van der Waals surface area contributed by atoms with Crippen molar-refractivity contribution in [1.82, 2.24) is 14.8 Å². The van der Waals surface area contributed by atoms with Crippen molar-refractivity contribution in [1.29, 1.82) is 0 Å². The fourth-order valence-corrected chi connectivity index (χ4v) is 3.30. The number of para-hydroxylation sites is 1. The number of rotatable bonds is 6. The lowest BCUT2D eigenvalue weighted by Crippen LogP contribution is -2.49. The molecule has 0 N–H and O–H groups in total. The van der Waals surface area contributed by atoms with Crippen LogP contribution in [-0.2, 0) is 16.1 Å². The highest BCUT2D eigenvalue weighted by Crippen LogP contribution is 2.16.